The van der Waals surface area contributed by atoms with Crippen molar-refractivity contribution in [3.63, 3.8) is 0 Å². The van der Waals surface area contributed by atoms with Gasteiger partial charge in [-0.05, 0) is 55.0 Å². The Kier molecular flexibility index (Phi) is 6.67. The SMILES string of the molecule is COCCOc1ccc2oc(-c3ccc(NC(=O)COc4ccccc4C)cc3)nc2c1. The van der Waals surface area contributed by atoms with Crippen LogP contribution < -0.4 is 14.8 Å². The summed E-state index contributed by atoms with van der Waals surface area (Å²) in [6.07, 6.45) is 0. The molecule has 7 nitrogen and oxygen atoms in total. The average molecular weight is 432 g/mol. The van der Waals surface area contributed by atoms with E-state index in [0.717, 1.165) is 11.1 Å². The summed E-state index contributed by atoms with van der Waals surface area (Å²) >= 11 is 0. The minimum atomic E-state index is -0.233. The minimum absolute atomic E-state index is 0.0630. The molecule has 32 heavy (non-hydrogen) atoms. The molecule has 0 aliphatic heterocycles. The molecule has 0 aliphatic rings. The molecule has 0 saturated heterocycles. The van der Waals surface area contributed by atoms with Crippen LogP contribution in [-0.4, -0.2) is 37.8 Å². The predicted molar refractivity (Wildman–Crippen MR) is 122 cm³/mol. The van der Waals surface area contributed by atoms with Crippen molar-refractivity contribution >= 4 is 22.7 Å². The number of nitrogens with one attached hydrogen (secondary N) is 1. The van der Waals surface area contributed by atoms with Crippen LogP contribution in [0, 0.1) is 6.92 Å². The second-order valence-electron chi connectivity index (χ2n) is 7.17. The molecule has 1 aromatic heterocycles. The van der Waals surface area contributed by atoms with Gasteiger partial charge in [-0.3, -0.25) is 4.79 Å². The average Bonchev–Trinajstić information content (AvgIpc) is 3.23. The molecule has 0 aliphatic carbocycles. The highest BCUT2D eigenvalue weighted by Crippen LogP contribution is 2.28. The van der Waals surface area contributed by atoms with E-state index in [1.807, 2.05) is 61.5 Å². The highest BCUT2D eigenvalue weighted by molar-refractivity contribution is 5.92. The van der Waals surface area contributed by atoms with Gasteiger partial charge in [0.1, 0.15) is 23.6 Å². The van der Waals surface area contributed by atoms with Crippen molar-refractivity contribution in [2.24, 2.45) is 0 Å². The monoisotopic (exact) mass is 432 g/mol. The molecule has 0 bridgehead atoms. The van der Waals surface area contributed by atoms with Gasteiger partial charge in [-0.2, -0.15) is 0 Å². The van der Waals surface area contributed by atoms with Gasteiger partial charge in [0.05, 0.1) is 6.61 Å². The molecule has 0 saturated carbocycles. The van der Waals surface area contributed by atoms with Crippen molar-refractivity contribution in [3.05, 3.63) is 72.3 Å². The van der Waals surface area contributed by atoms with E-state index in [4.69, 9.17) is 18.6 Å². The maximum Gasteiger partial charge on any atom is 0.262 e. The molecule has 164 valence electrons. The summed E-state index contributed by atoms with van der Waals surface area (Å²) in [5, 5.41) is 2.83. The van der Waals surface area contributed by atoms with Gasteiger partial charge in [-0.25, -0.2) is 4.98 Å². The van der Waals surface area contributed by atoms with E-state index in [1.54, 1.807) is 19.2 Å². The Hall–Kier alpha value is -3.84. The maximum atomic E-state index is 12.2. The van der Waals surface area contributed by atoms with Gasteiger partial charge in [0.2, 0.25) is 5.89 Å². The quantitative estimate of drug-likeness (QED) is 0.381. The number of aryl methyl sites for hydroxylation is 1. The summed E-state index contributed by atoms with van der Waals surface area (Å²) in [7, 11) is 1.63. The zero-order valence-electron chi connectivity index (χ0n) is 18.0. The number of hydrogen-bond acceptors (Lipinski definition) is 6. The molecule has 0 spiro atoms. The number of amides is 1. The number of rotatable bonds is 9. The van der Waals surface area contributed by atoms with Crippen LogP contribution in [-0.2, 0) is 9.53 Å². The second-order valence-corrected chi connectivity index (χ2v) is 7.17. The molecule has 3 aromatic carbocycles. The van der Waals surface area contributed by atoms with Crippen LogP contribution in [0.5, 0.6) is 11.5 Å². The lowest BCUT2D eigenvalue weighted by atomic mass is 10.2. The van der Waals surface area contributed by atoms with Gasteiger partial charge in [0.25, 0.3) is 5.91 Å². The van der Waals surface area contributed by atoms with Crippen molar-refractivity contribution in [3.8, 4) is 23.0 Å². The van der Waals surface area contributed by atoms with E-state index in [-0.39, 0.29) is 12.5 Å². The predicted octanol–water partition coefficient (Wildman–Crippen LogP) is 4.85. The molecule has 0 atom stereocenters. The fourth-order valence-corrected chi connectivity index (χ4v) is 3.12. The summed E-state index contributed by atoms with van der Waals surface area (Å²) in [6.45, 7) is 2.86. The van der Waals surface area contributed by atoms with Gasteiger partial charge in [0.15, 0.2) is 12.2 Å². The molecule has 7 heteroatoms. The third-order valence-corrected chi connectivity index (χ3v) is 4.78. The molecule has 1 amide bonds. The van der Waals surface area contributed by atoms with Crippen molar-refractivity contribution in [2.75, 3.05) is 32.2 Å². The molecule has 0 fully saturated rings. The number of anilines is 1. The lowest BCUT2D eigenvalue weighted by Gasteiger charge is -2.09. The van der Waals surface area contributed by atoms with Crippen LogP contribution >= 0.6 is 0 Å². The van der Waals surface area contributed by atoms with Crippen molar-refractivity contribution in [1.82, 2.24) is 4.98 Å². The third-order valence-electron chi connectivity index (χ3n) is 4.78. The first kappa shape index (κ1) is 21.4. The molecule has 1 heterocycles. The first-order valence-electron chi connectivity index (χ1n) is 10.2. The number of para-hydroxylation sites is 1. The second kappa shape index (κ2) is 9.98. The van der Waals surface area contributed by atoms with E-state index in [9.17, 15) is 4.79 Å². The lowest BCUT2D eigenvalue weighted by molar-refractivity contribution is -0.118. The molecule has 4 aromatic rings. The van der Waals surface area contributed by atoms with E-state index in [1.165, 1.54) is 0 Å². The normalized spacial score (nSPS) is 10.8. The van der Waals surface area contributed by atoms with Crippen LogP contribution in [0.15, 0.2) is 71.1 Å². The fraction of sp³-hybridized carbons (Fsp3) is 0.200. The van der Waals surface area contributed by atoms with Gasteiger partial charge in [-0.1, -0.05) is 18.2 Å². The number of hydrogen-bond donors (Lipinski definition) is 1. The zero-order valence-corrected chi connectivity index (χ0v) is 18.0. The van der Waals surface area contributed by atoms with Crippen molar-refractivity contribution in [1.29, 1.82) is 0 Å². The minimum Gasteiger partial charge on any atom is -0.491 e. The number of carbonyl (C=O) groups excluding carboxylic acids is 1. The molecular weight excluding hydrogens is 408 g/mol. The van der Waals surface area contributed by atoms with Crippen LogP contribution in [0.4, 0.5) is 5.69 Å². The van der Waals surface area contributed by atoms with E-state index in [2.05, 4.69) is 10.3 Å². The summed E-state index contributed by atoms with van der Waals surface area (Å²) in [4.78, 5) is 16.8. The van der Waals surface area contributed by atoms with E-state index in [0.29, 0.717) is 47.4 Å². The number of methoxy groups -OCH3 is 1. The highest BCUT2D eigenvalue weighted by atomic mass is 16.5. The fourth-order valence-electron chi connectivity index (χ4n) is 3.12. The lowest BCUT2D eigenvalue weighted by Crippen LogP contribution is -2.20. The Labute approximate surface area is 185 Å². The molecule has 0 radical (unpaired) electrons. The summed E-state index contributed by atoms with van der Waals surface area (Å²) in [5.74, 6) is 1.67. The van der Waals surface area contributed by atoms with Crippen LogP contribution in [0.3, 0.4) is 0 Å². The molecule has 4 rings (SSSR count). The Balaban J connectivity index is 1.38. The largest absolute Gasteiger partial charge is 0.491 e. The Morgan fingerprint density at radius 1 is 1.00 bits per heavy atom. The summed E-state index contributed by atoms with van der Waals surface area (Å²) < 4.78 is 22.1. The van der Waals surface area contributed by atoms with Crippen molar-refractivity contribution in [2.45, 2.75) is 6.92 Å². The van der Waals surface area contributed by atoms with Crippen LogP contribution in [0.25, 0.3) is 22.6 Å². The van der Waals surface area contributed by atoms with Gasteiger partial charge in [-0.15, -0.1) is 0 Å². The Morgan fingerprint density at radius 3 is 2.59 bits per heavy atom. The molecule has 1 N–H and O–H groups in total. The zero-order chi connectivity index (χ0) is 22.3. The maximum absolute atomic E-state index is 12.2. The van der Waals surface area contributed by atoms with Crippen molar-refractivity contribution < 1.29 is 23.4 Å². The number of benzene rings is 3. The first-order valence-corrected chi connectivity index (χ1v) is 10.2. The van der Waals surface area contributed by atoms with E-state index >= 15 is 0 Å². The Bertz CT molecular complexity index is 1200. The Morgan fingerprint density at radius 2 is 1.81 bits per heavy atom. The number of fused-ring (bicyclic) bond motifs is 1. The topological polar surface area (TPSA) is 82.8 Å². The van der Waals surface area contributed by atoms with E-state index < -0.39 is 0 Å². The standard InChI is InChI=1S/C25H24N2O5/c1-17-5-3-4-6-22(17)31-16-24(28)26-19-9-7-18(8-10-19)25-27-21-15-20(30-14-13-29-2)11-12-23(21)32-25/h3-12,15H,13-14,16H2,1-2H3,(H,26,28). The number of nitrogens with zero attached hydrogens (tertiary/aromatic N) is 1. The van der Waals surface area contributed by atoms with Crippen LogP contribution in [0.2, 0.25) is 0 Å². The van der Waals surface area contributed by atoms with Crippen LogP contribution in [0.1, 0.15) is 5.56 Å². The molecular formula is C25H24N2O5. The highest BCUT2D eigenvalue weighted by Gasteiger charge is 2.10. The van der Waals surface area contributed by atoms with Gasteiger partial charge >= 0.3 is 0 Å². The number of oxazole rings is 1. The number of aromatic nitrogens is 1. The van der Waals surface area contributed by atoms with Gasteiger partial charge in [0, 0.05) is 24.4 Å². The summed E-state index contributed by atoms with van der Waals surface area (Å²) in [5.41, 5.74) is 3.83. The molecule has 0 unspecified atom stereocenters. The third kappa shape index (κ3) is 5.25. The first-order chi connectivity index (χ1) is 15.6. The van der Waals surface area contributed by atoms with Gasteiger partial charge < -0.3 is 23.9 Å². The smallest absolute Gasteiger partial charge is 0.262 e. The number of carbonyl (C=O) groups is 1. The number of ether oxygens (including phenoxy) is 3. The summed E-state index contributed by atoms with van der Waals surface area (Å²) in [6, 6.07) is 20.4.